The van der Waals surface area contributed by atoms with Crippen molar-refractivity contribution >= 4 is 40.2 Å². The summed E-state index contributed by atoms with van der Waals surface area (Å²) in [5, 5.41) is 2.36. The first-order valence-electron chi connectivity index (χ1n) is 14.1. The summed E-state index contributed by atoms with van der Waals surface area (Å²) in [4.78, 5) is 21.3. The van der Waals surface area contributed by atoms with E-state index in [2.05, 4.69) is 9.88 Å². The van der Waals surface area contributed by atoms with Crippen molar-refractivity contribution in [3.05, 3.63) is 93.6 Å². The van der Waals surface area contributed by atoms with Gasteiger partial charge in [0.25, 0.3) is 0 Å². The zero-order valence-corrected chi connectivity index (χ0v) is 24.3. The number of aromatic nitrogens is 1. The lowest BCUT2D eigenvalue weighted by atomic mass is 9.92. The number of nitrogens with zero attached hydrogens (tertiary/aromatic N) is 2. The molecule has 9 heteroatoms. The van der Waals surface area contributed by atoms with Crippen LogP contribution in [0.25, 0.3) is 10.9 Å². The van der Waals surface area contributed by atoms with Gasteiger partial charge < -0.3 is 19.2 Å². The quantitative estimate of drug-likeness (QED) is 0.220. The number of rotatable bonds is 8. The van der Waals surface area contributed by atoms with E-state index in [1.165, 1.54) is 5.56 Å². The predicted molar refractivity (Wildman–Crippen MR) is 161 cm³/mol. The third-order valence-corrected chi connectivity index (χ3v) is 8.27. The minimum atomic E-state index is -0.416. The Morgan fingerprint density at radius 2 is 1.63 bits per heavy atom. The molecule has 0 aliphatic carbocycles. The zero-order valence-electron chi connectivity index (χ0n) is 22.8. The molecule has 2 aliphatic heterocycles. The van der Waals surface area contributed by atoms with E-state index < -0.39 is 6.09 Å². The second-order valence-electron chi connectivity index (χ2n) is 10.5. The molecule has 1 aromatic heterocycles. The van der Waals surface area contributed by atoms with Crippen LogP contribution in [0, 0.1) is 0 Å². The average molecular weight is 595 g/mol. The number of halogens is 2. The second kappa shape index (κ2) is 12.7. The van der Waals surface area contributed by atoms with Gasteiger partial charge in [0, 0.05) is 46.3 Å². The molecule has 41 heavy (non-hydrogen) atoms. The van der Waals surface area contributed by atoms with E-state index in [-0.39, 0.29) is 6.04 Å². The van der Waals surface area contributed by atoms with Crippen LogP contribution < -0.4 is 9.47 Å². The van der Waals surface area contributed by atoms with Gasteiger partial charge in [0.15, 0.2) is 0 Å². The van der Waals surface area contributed by atoms with Crippen molar-refractivity contribution in [1.29, 1.82) is 0 Å². The highest BCUT2D eigenvalue weighted by molar-refractivity contribution is 6.31. The van der Waals surface area contributed by atoms with Crippen LogP contribution in [0.4, 0.5) is 4.79 Å². The Labute approximate surface area is 249 Å². The number of nitrogens with one attached hydrogen (secondary N) is 1. The topological polar surface area (TPSA) is 67.0 Å². The molecular weight excluding hydrogens is 561 g/mol. The molecular formula is C32H33Cl2N3O4. The summed E-state index contributed by atoms with van der Waals surface area (Å²) in [6.07, 6.45) is 2.36. The van der Waals surface area contributed by atoms with Crippen molar-refractivity contribution in [2.45, 2.75) is 25.3 Å². The van der Waals surface area contributed by atoms with Gasteiger partial charge in [-0.3, -0.25) is 9.80 Å². The summed E-state index contributed by atoms with van der Waals surface area (Å²) >= 11 is 12.4. The third-order valence-electron chi connectivity index (χ3n) is 7.78. The molecule has 1 fully saturated rings. The van der Waals surface area contributed by atoms with E-state index in [1.54, 1.807) is 29.2 Å². The predicted octanol–water partition coefficient (Wildman–Crippen LogP) is 7.11. The van der Waals surface area contributed by atoms with Gasteiger partial charge >= 0.3 is 6.09 Å². The van der Waals surface area contributed by atoms with Gasteiger partial charge in [-0.25, -0.2) is 4.79 Å². The second-order valence-corrected chi connectivity index (χ2v) is 11.3. The van der Waals surface area contributed by atoms with E-state index in [4.69, 9.17) is 37.4 Å². The van der Waals surface area contributed by atoms with E-state index in [0.717, 1.165) is 73.6 Å². The molecule has 1 N–H and O–H groups in total. The Bertz CT molecular complexity index is 1480. The zero-order chi connectivity index (χ0) is 28.2. The van der Waals surface area contributed by atoms with Crippen LogP contribution in [0.1, 0.15) is 35.7 Å². The van der Waals surface area contributed by atoms with Crippen LogP contribution in [0.3, 0.4) is 0 Å². The van der Waals surface area contributed by atoms with Crippen molar-refractivity contribution in [2.75, 3.05) is 46.0 Å². The molecule has 1 amide bonds. The summed E-state index contributed by atoms with van der Waals surface area (Å²) in [5.74, 6) is 1.26. The highest BCUT2D eigenvalue weighted by atomic mass is 35.5. The first-order chi connectivity index (χ1) is 20.0. The van der Waals surface area contributed by atoms with Gasteiger partial charge in [-0.1, -0.05) is 35.3 Å². The summed E-state index contributed by atoms with van der Waals surface area (Å²) in [7, 11) is 0. The SMILES string of the molecule is O=C(Oc1ccc(Cl)cc1)N1CCc2c([nH]c3ccc(Cl)cc23)C1c1ccc(OCCCCN2CCOCC2)cc1. The van der Waals surface area contributed by atoms with Gasteiger partial charge in [0.05, 0.1) is 19.8 Å². The molecule has 0 bridgehead atoms. The van der Waals surface area contributed by atoms with E-state index in [9.17, 15) is 4.79 Å². The number of hydrogen-bond acceptors (Lipinski definition) is 5. The van der Waals surface area contributed by atoms with Gasteiger partial charge in [-0.15, -0.1) is 0 Å². The largest absolute Gasteiger partial charge is 0.494 e. The number of fused-ring (bicyclic) bond motifs is 3. The Hall–Kier alpha value is -3.23. The number of morpholine rings is 1. The molecule has 214 valence electrons. The fraction of sp³-hybridized carbons (Fsp3) is 0.344. The molecule has 1 unspecified atom stereocenters. The lowest BCUT2D eigenvalue weighted by Gasteiger charge is -2.35. The molecule has 0 saturated carbocycles. The molecule has 1 atom stereocenters. The Morgan fingerprint density at radius 1 is 0.902 bits per heavy atom. The van der Waals surface area contributed by atoms with Crippen molar-refractivity contribution in [1.82, 2.24) is 14.8 Å². The van der Waals surface area contributed by atoms with Crippen LogP contribution in [-0.4, -0.2) is 66.9 Å². The first kappa shape index (κ1) is 27.9. The van der Waals surface area contributed by atoms with Gasteiger partial charge in [-0.05, 0) is 91.5 Å². The number of carbonyl (C=O) groups is 1. The summed E-state index contributed by atoms with van der Waals surface area (Å²) in [6, 6.07) is 20.3. The molecule has 7 nitrogen and oxygen atoms in total. The Morgan fingerprint density at radius 3 is 2.41 bits per heavy atom. The van der Waals surface area contributed by atoms with Gasteiger partial charge in [-0.2, -0.15) is 0 Å². The smallest absolute Gasteiger partial charge is 0.416 e. The number of hydrogen-bond donors (Lipinski definition) is 1. The maximum atomic E-state index is 13.5. The lowest BCUT2D eigenvalue weighted by molar-refractivity contribution is 0.0368. The number of amides is 1. The van der Waals surface area contributed by atoms with Gasteiger partial charge in [0.1, 0.15) is 17.5 Å². The first-order valence-corrected chi connectivity index (χ1v) is 14.9. The van der Waals surface area contributed by atoms with Crippen LogP contribution in [-0.2, 0) is 11.2 Å². The normalized spacial score (nSPS) is 17.4. The lowest BCUT2D eigenvalue weighted by Crippen LogP contribution is -2.42. The van der Waals surface area contributed by atoms with Crippen molar-refractivity contribution in [3.63, 3.8) is 0 Å². The number of H-pyrrole nitrogens is 1. The summed E-state index contributed by atoms with van der Waals surface area (Å²) in [5.41, 5.74) is 4.10. The minimum Gasteiger partial charge on any atom is -0.494 e. The summed E-state index contributed by atoms with van der Waals surface area (Å²) in [6.45, 7) is 5.93. The van der Waals surface area contributed by atoms with Crippen LogP contribution in [0.2, 0.25) is 10.0 Å². The van der Waals surface area contributed by atoms with E-state index in [0.29, 0.717) is 35.4 Å². The van der Waals surface area contributed by atoms with Crippen LogP contribution in [0.15, 0.2) is 66.7 Å². The van der Waals surface area contributed by atoms with Gasteiger partial charge in [0.2, 0.25) is 0 Å². The maximum absolute atomic E-state index is 13.5. The molecule has 0 spiro atoms. The van der Waals surface area contributed by atoms with Crippen LogP contribution in [0.5, 0.6) is 11.5 Å². The van der Waals surface area contributed by atoms with E-state index >= 15 is 0 Å². The number of ether oxygens (including phenoxy) is 3. The van der Waals surface area contributed by atoms with Crippen molar-refractivity contribution in [3.8, 4) is 11.5 Å². The number of carbonyl (C=O) groups excluding carboxylic acids is 1. The molecule has 0 radical (unpaired) electrons. The highest BCUT2D eigenvalue weighted by Crippen LogP contribution is 2.40. The number of benzene rings is 3. The fourth-order valence-corrected chi connectivity index (χ4v) is 5.96. The molecule has 1 saturated heterocycles. The Kier molecular flexibility index (Phi) is 8.67. The molecule has 4 aromatic rings. The number of aromatic amines is 1. The Balaban J connectivity index is 1.19. The standard InChI is InChI=1S/C32H33Cl2N3O4/c33-23-5-10-26(11-6-23)41-32(38)37-15-13-27-28-21-24(34)7-12-29(28)35-30(27)31(37)22-3-8-25(9-4-22)40-18-2-1-14-36-16-19-39-20-17-36/h3-12,21,31,35H,1-2,13-20H2. The minimum absolute atomic E-state index is 0.354. The molecule has 2 aliphatic rings. The average Bonchev–Trinajstić information content (AvgIpc) is 3.36. The van der Waals surface area contributed by atoms with Crippen molar-refractivity contribution < 1.29 is 19.0 Å². The molecule has 3 heterocycles. The van der Waals surface area contributed by atoms with Crippen LogP contribution >= 0.6 is 23.2 Å². The number of unbranched alkanes of at least 4 members (excludes halogenated alkanes) is 1. The molecule has 3 aromatic carbocycles. The monoisotopic (exact) mass is 593 g/mol. The fourth-order valence-electron chi connectivity index (χ4n) is 5.66. The van der Waals surface area contributed by atoms with E-state index in [1.807, 2.05) is 42.5 Å². The molecule has 6 rings (SSSR count). The van der Waals surface area contributed by atoms with Crippen molar-refractivity contribution in [2.24, 2.45) is 0 Å². The maximum Gasteiger partial charge on any atom is 0.416 e. The summed E-state index contributed by atoms with van der Waals surface area (Å²) < 4.78 is 17.2. The highest BCUT2D eigenvalue weighted by Gasteiger charge is 2.35. The third kappa shape index (κ3) is 6.49.